The van der Waals surface area contributed by atoms with Crippen molar-refractivity contribution in [3.8, 4) is 0 Å². The summed E-state index contributed by atoms with van der Waals surface area (Å²) in [7, 11) is -3.43. The number of carbonyl (C=O) groups excluding carboxylic acids is 1. The second-order valence-electron chi connectivity index (χ2n) is 5.29. The summed E-state index contributed by atoms with van der Waals surface area (Å²) in [6, 6.07) is 7.37. The third-order valence-electron chi connectivity index (χ3n) is 3.71. The Hall–Kier alpha value is -1.40. The molecule has 0 radical (unpaired) electrons. The molecule has 110 valence electrons. The molecular weight excluding hydrogens is 278 g/mol. The fourth-order valence-corrected chi connectivity index (χ4v) is 4.45. The summed E-state index contributed by atoms with van der Waals surface area (Å²) < 4.78 is 28.7. The van der Waals surface area contributed by atoms with E-state index in [1.165, 1.54) is 0 Å². The van der Waals surface area contributed by atoms with E-state index in [-0.39, 0.29) is 6.61 Å². The van der Waals surface area contributed by atoms with E-state index in [4.69, 9.17) is 10.5 Å². The molecule has 2 rings (SSSR count). The quantitative estimate of drug-likeness (QED) is 0.829. The molecule has 1 aliphatic rings. The maximum Gasteiger partial charge on any atom is 0.328 e. The molecular formula is C14H19NO4S. The van der Waals surface area contributed by atoms with Gasteiger partial charge < -0.3 is 10.5 Å². The first-order valence-corrected chi connectivity index (χ1v) is 8.40. The highest BCUT2D eigenvalue weighted by atomic mass is 32.2. The van der Waals surface area contributed by atoms with E-state index in [1.807, 2.05) is 31.2 Å². The molecule has 0 bridgehead atoms. The van der Waals surface area contributed by atoms with Gasteiger partial charge in [0.1, 0.15) is 5.54 Å². The molecule has 20 heavy (non-hydrogen) atoms. The van der Waals surface area contributed by atoms with Gasteiger partial charge in [-0.1, -0.05) is 29.8 Å². The number of hydrogen-bond acceptors (Lipinski definition) is 5. The molecule has 1 aliphatic carbocycles. The number of hydrogen-bond donors (Lipinski definition) is 1. The van der Waals surface area contributed by atoms with E-state index in [2.05, 4.69) is 0 Å². The molecule has 5 nitrogen and oxygen atoms in total. The number of benzene rings is 1. The van der Waals surface area contributed by atoms with Gasteiger partial charge in [-0.05, 0) is 19.4 Å². The molecule has 0 aliphatic heterocycles. The predicted octanol–water partition coefficient (Wildman–Crippen LogP) is 0.766. The maximum absolute atomic E-state index is 12.0. The minimum atomic E-state index is -3.43. The van der Waals surface area contributed by atoms with Crippen molar-refractivity contribution < 1.29 is 17.9 Å². The molecule has 1 aromatic carbocycles. The van der Waals surface area contributed by atoms with Gasteiger partial charge in [-0.25, -0.2) is 13.2 Å². The van der Waals surface area contributed by atoms with Gasteiger partial charge in [0.05, 0.1) is 11.9 Å². The van der Waals surface area contributed by atoms with Crippen LogP contribution in [0.25, 0.3) is 0 Å². The first-order valence-electron chi connectivity index (χ1n) is 6.44. The Morgan fingerprint density at radius 2 is 1.90 bits per heavy atom. The molecule has 0 saturated heterocycles. The monoisotopic (exact) mass is 297 g/mol. The van der Waals surface area contributed by atoms with Crippen molar-refractivity contribution in [3.63, 3.8) is 0 Å². The molecule has 0 unspecified atom stereocenters. The lowest BCUT2D eigenvalue weighted by atomic mass is 10.1. The van der Waals surface area contributed by atoms with Crippen LogP contribution in [-0.4, -0.2) is 38.0 Å². The normalized spacial score (nSPS) is 29.0. The second-order valence-corrected chi connectivity index (χ2v) is 7.46. The first kappa shape index (κ1) is 15.0. The van der Waals surface area contributed by atoms with Crippen molar-refractivity contribution in [2.45, 2.75) is 30.6 Å². The minimum absolute atomic E-state index is 0.175. The number of esters is 1. The Kier molecular flexibility index (Phi) is 3.64. The summed E-state index contributed by atoms with van der Waals surface area (Å²) in [5.41, 5.74) is 6.40. The summed E-state index contributed by atoms with van der Waals surface area (Å²) >= 11 is 0. The van der Waals surface area contributed by atoms with E-state index in [0.717, 1.165) is 17.4 Å². The molecule has 2 N–H and O–H groups in total. The lowest BCUT2D eigenvalue weighted by Crippen LogP contribution is -2.41. The molecule has 0 amide bonds. The summed E-state index contributed by atoms with van der Waals surface area (Å²) in [5.74, 6) is -1.20. The Morgan fingerprint density at radius 3 is 2.35 bits per heavy atom. The largest absolute Gasteiger partial charge is 0.465 e. The van der Waals surface area contributed by atoms with Gasteiger partial charge in [-0.15, -0.1) is 0 Å². The highest BCUT2D eigenvalue weighted by molar-refractivity contribution is 7.91. The maximum atomic E-state index is 12.0. The van der Waals surface area contributed by atoms with Crippen LogP contribution in [0.3, 0.4) is 0 Å². The van der Waals surface area contributed by atoms with Gasteiger partial charge in [-0.3, -0.25) is 0 Å². The van der Waals surface area contributed by atoms with Crippen LogP contribution >= 0.6 is 0 Å². The average Bonchev–Trinajstić information content (AvgIpc) is 2.99. The third kappa shape index (κ3) is 2.33. The Labute approximate surface area is 119 Å². The van der Waals surface area contributed by atoms with Gasteiger partial charge in [0.15, 0.2) is 9.84 Å². The van der Waals surface area contributed by atoms with Gasteiger partial charge in [0.25, 0.3) is 0 Å². The zero-order valence-corrected chi connectivity index (χ0v) is 12.6. The second kappa shape index (κ2) is 4.86. The smallest absolute Gasteiger partial charge is 0.328 e. The summed E-state index contributed by atoms with van der Waals surface area (Å²) in [5, 5.41) is -0.920. The van der Waals surface area contributed by atoms with Crippen molar-refractivity contribution >= 4 is 15.8 Å². The van der Waals surface area contributed by atoms with E-state index in [1.54, 1.807) is 6.92 Å². The van der Waals surface area contributed by atoms with E-state index in [9.17, 15) is 13.2 Å². The number of carbonyl (C=O) groups is 1. The fourth-order valence-electron chi connectivity index (χ4n) is 2.70. The first-order chi connectivity index (χ1) is 9.22. The average molecular weight is 297 g/mol. The summed E-state index contributed by atoms with van der Waals surface area (Å²) in [6.45, 7) is 3.78. The number of nitrogens with two attached hydrogens (primary N) is 1. The summed E-state index contributed by atoms with van der Waals surface area (Å²) in [4.78, 5) is 12.0. The number of ether oxygens (including phenoxy) is 1. The molecule has 1 aromatic rings. The Bertz CT molecular complexity index is 623. The zero-order valence-electron chi connectivity index (χ0n) is 11.8. The topological polar surface area (TPSA) is 86.5 Å². The molecule has 0 aromatic heterocycles. The molecule has 0 spiro atoms. The number of rotatable bonds is 4. The van der Waals surface area contributed by atoms with Gasteiger partial charge in [0.2, 0.25) is 0 Å². The Balaban J connectivity index is 2.41. The third-order valence-corrected chi connectivity index (χ3v) is 5.29. The van der Waals surface area contributed by atoms with Gasteiger partial charge in [-0.2, -0.15) is 0 Å². The zero-order chi connectivity index (χ0) is 15.1. The highest BCUT2D eigenvalue weighted by Crippen LogP contribution is 2.54. The lowest BCUT2D eigenvalue weighted by Gasteiger charge is -2.10. The Morgan fingerprint density at radius 1 is 1.35 bits per heavy atom. The van der Waals surface area contributed by atoms with Crippen molar-refractivity contribution in [3.05, 3.63) is 35.4 Å². The molecule has 1 saturated carbocycles. The van der Waals surface area contributed by atoms with Crippen LogP contribution in [0.15, 0.2) is 24.3 Å². The predicted molar refractivity (Wildman–Crippen MR) is 76.1 cm³/mol. The van der Waals surface area contributed by atoms with E-state index < -0.39 is 32.5 Å². The SMILES string of the molecule is CCOC(=O)[C@]1(N)[C@@H](c2ccc(C)cc2)[C@@H]1S(C)(=O)=O. The number of aryl methyl sites for hydroxylation is 1. The van der Waals surface area contributed by atoms with Gasteiger partial charge in [0, 0.05) is 12.2 Å². The molecule has 3 atom stereocenters. The van der Waals surface area contributed by atoms with Crippen molar-refractivity contribution in [2.24, 2.45) is 5.73 Å². The molecule has 0 heterocycles. The van der Waals surface area contributed by atoms with Crippen molar-refractivity contribution in [1.29, 1.82) is 0 Å². The van der Waals surface area contributed by atoms with Crippen LogP contribution in [0.2, 0.25) is 0 Å². The number of sulfone groups is 1. The van der Waals surface area contributed by atoms with Crippen molar-refractivity contribution in [1.82, 2.24) is 0 Å². The minimum Gasteiger partial charge on any atom is -0.465 e. The van der Waals surface area contributed by atoms with Gasteiger partial charge >= 0.3 is 5.97 Å². The van der Waals surface area contributed by atoms with Crippen LogP contribution in [0.5, 0.6) is 0 Å². The highest BCUT2D eigenvalue weighted by Gasteiger charge is 2.73. The van der Waals surface area contributed by atoms with E-state index >= 15 is 0 Å². The lowest BCUT2D eigenvalue weighted by molar-refractivity contribution is -0.145. The van der Waals surface area contributed by atoms with Crippen LogP contribution in [0.1, 0.15) is 24.0 Å². The van der Waals surface area contributed by atoms with E-state index in [0.29, 0.717) is 0 Å². The molecule has 1 fully saturated rings. The van der Waals surface area contributed by atoms with Crippen LogP contribution < -0.4 is 5.73 Å². The van der Waals surface area contributed by atoms with Crippen molar-refractivity contribution in [2.75, 3.05) is 12.9 Å². The van der Waals surface area contributed by atoms with Crippen LogP contribution in [-0.2, 0) is 19.4 Å². The fraction of sp³-hybridized carbons (Fsp3) is 0.500. The van der Waals surface area contributed by atoms with Crippen LogP contribution in [0.4, 0.5) is 0 Å². The standard InChI is InChI=1S/C14H19NO4S/c1-4-19-13(16)14(15)11(12(14)20(3,17)18)10-7-5-9(2)6-8-10/h5-8,11-12H,4,15H2,1-3H3/t11-,12-,14-/m0/s1. The summed E-state index contributed by atoms with van der Waals surface area (Å²) in [6.07, 6.45) is 1.10. The van der Waals surface area contributed by atoms with Crippen LogP contribution in [0, 0.1) is 6.92 Å². The molecule has 6 heteroatoms.